The molecular weight excluding hydrogens is 521 g/mol. The molecule has 11 heteroatoms. The number of hydrogen-bond acceptors (Lipinski definition) is 4. The van der Waals surface area contributed by atoms with Crippen molar-refractivity contribution in [1.82, 2.24) is 10.2 Å². The molecule has 0 spiro atoms. The number of nitrogens with zero attached hydrogens (tertiary/aromatic N) is 2. The Kier molecular flexibility index (Phi) is 10.5. The third-order valence-electron chi connectivity index (χ3n) is 5.16. The summed E-state index contributed by atoms with van der Waals surface area (Å²) in [7, 11) is -3.93. The quantitative estimate of drug-likeness (QED) is 0.422. The van der Waals surface area contributed by atoms with Gasteiger partial charge in [-0.15, -0.1) is 0 Å². The van der Waals surface area contributed by atoms with Crippen LogP contribution in [0.3, 0.4) is 0 Å². The van der Waals surface area contributed by atoms with Crippen LogP contribution in [-0.4, -0.2) is 57.1 Å². The molecule has 0 aliphatic carbocycles. The van der Waals surface area contributed by atoms with Gasteiger partial charge in [0.25, 0.3) is 0 Å². The molecule has 2 rings (SSSR count). The molecule has 1 N–H and O–H groups in total. The number of rotatable bonds is 11. The van der Waals surface area contributed by atoms with Gasteiger partial charge in [-0.25, -0.2) is 8.42 Å². The number of nitrogens with one attached hydrogen (secondary N) is 1. The predicted molar refractivity (Wildman–Crippen MR) is 138 cm³/mol. The van der Waals surface area contributed by atoms with Crippen molar-refractivity contribution >= 4 is 62.3 Å². The molecule has 34 heavy (non-hydrogen) atoms. The molecule has 1 atom stereocenters. The smallest absolute Gasteiger partial charge is 0.244 e. The molecule has 2 aromatic carbocycles. The van der Waals surface area contributed by atoms with Gasteiger partial charge in [0.1, 0.15) is 12.6 Å². The average Bonchev–Trinajstić information content (AvgIpc) is 2.77. The maximum absolute atomic E-state index is 13.5. The topological polar surface area (TPSA) is 86.8 Å². The highest BCUT2D eigenvalue weighted by Crippen LogP contribution is 2.35. The second kappa shape index (κ2) is 12.6. The summed E-state index contributed by atoms with van der Waals surface area (Å²) in [4.78, 5) is 27.7. The largest absolute Gasteiger partial charge is 0.355 e. The van der Waals surface area contributed by atoms with Crippen molar-refractivity contribution in [3.8, 4) is 0 Å². The monoisotopic (exact) mass is 547 g/mol. The number of likely N-dealkylation sites (N-methyl/N-ethyl adjacent to an activating group) is 1. The number of amides is 2. The maximum atomic E-state index is 13.5. The Morgan fingerprint density at radius 2 is 1.62 bits per heavy atom. The van der Waals surface area contributed by atoms with Crippen molar-refractivity contribution < 1.29 is 18.0 Å². The summed E-state index contributed by atoms with van der Waals surface area (Å²) in [6.45, 7) is 3.67. The third-order valence-corrected chi connectivity index (χ3v) is 7.31. The van der Waals surface area contributed by atoms with Crippen LogP contribution in [0.25, 0.3) is 0 Å². The Balaban J connectivity index is 2.42. The number of benzene rings is 2. The fourth-order valence-electron chi connectivity index (χ4n) is 3.49. The summed E-state index contributed by atoms with van der Waals surface area (Å²) in [5.74, 6) is -0.841. The minimum Gasteiger partial charge on any atom is -0.355 e. The Morgan fingerprint density at radius 3 is 2.18 bits per heavy atom. The molecule has 0 bridgehead atoms. The zero-order chi connectivity index (χ0) is 25.5. The van der Waals surface area contributed by atoms with E-state index in [0.29, 0.717) is 19.4 Å². The molecule has 0 saturated carbocycles. The van der Waals surface area contributed by atoms with Gasteiger partial charge in [-0.1, -0.05) is 72.1 Å². The number of sulfonamides is 1. The fraction of sp³-hybridized carbons (Fsp3) is 0.391. The highest BCUT2D eigenvalue weighted by Gasteiger charge is 2.32. The first-order chi connectivity index (χ1) is 16.0. The Morgan fingerprint density at radius 1 is 1.00 bits per heavy atom. The van der Waals surface area contributed by atoms with Gasteiger partial charge in [0, 0.05) is 13.1 Å². The van der Waals surface area contributed by atoms with Crippen molar-refractivity contribution in [2.75, 3.05) is 30.2 Å². The number of carbonyl (C=O) groups excluding carboxylic acids is 2. The van der Waals surface area contributed by atoms with Crippen LogP contribution in [0.2, 0.25) is 15.1 Å². The van der Waals surface area contributed by atoms with Crippen LogP contribution in [0.5, 0.6) is 0 Å². The zero-order valence-corrected chi connectivity index (χ0v) is 22.3. The number of carbonyl (C=O) groups is 2. The summed E-state index contributed by atoms with van der Waals surface area (Å²) in [5, 5.41) is 3.03. The van der Waals surface area contributed by atoms with Gasteiger partial charge in [0.15, 0.2) is 0 Å². The van der Waals surface area contributed by atoms with Gasteiger partial charge < -0.3 is 10.2 Å². The number of hydrogen-bond donors (Lipinski definition) is 1. The molecule has 0 unspecified atom stereocenters. The Bertz CT molecular complexity index is 1110. The Labute approximate surface area is 216 Å². The lowest BCUT2D eigenvalue weighted by Gasteiger charge is -2.33. The van der Waals surface area contributed by atoms with E-state index in [-0.39, 0.29) is 33.2 Å². The van der Waals surface area contributed by atoms with Gasteiger partial charge in [0.2, 0.25) is 21.8 Å². The summed E-state index contributed by atoms with van der Waals surface area (Å²) in [6.07, 6.45) is 1.82. The van der Waals surface area contributed by atoms with Crippen molar-refractivity contribution in [3.63, 3.8) is 0 Å². The van der Waals surface area contributed by atoms with E-state index < -0.39 is 28.5 Å². The van der Waals surface area contributed by atoms with E-state index in [2.05, 4.69) is 5.32 Å². The van der Waals surface area contributed by atoms with Crippen molar-refractivity contribution in [2.45, 2.75) is 32.7 Å². The van der Waals surface area contributed by atoms with Crippen LogP contribution < -0.4 is 9.62 Å². The van der Waals surface area contributed by atoms with E-state index in [1.807, 2.05) is 30.3 Å². The lowest BCUT2D eigenvalue weighted by molar-refractivity contribution is -0.139. The van der Waals surface area contributed by atoms with Gasteiger partial charge >= 0.3 is 0 Å². The molecule has 2 aromatic rings. The van der Waals surface area contributed by atoms with Gasteiger partial charge in [0.05, 0.1) is 27.0 Å². The molecule has 0 radical (unpaired) electrons. The van der Waals surface area contributed by atoms with Crippen LogP contribution in [0.1, 0.15) is 25.8 Å². The lowest BCUT2D eigenvalue weighted by Crippen LogP contribution is -2.53. The molecule has 0 aliphatic rings. The molecule has 186 valence electrons. The van der Waals surface area contributed by atoms with Gasteiger partial charge in [-0.05, 0) is 37.5 Å². The van der Waals surface area contributed by atoms with E-state index >= 15 is 0 Å². The van der Waals surface area contributed by atoms with E-state index in [9.17, 15) is 18.0 Å². The third kappa shape index (κ3) is 7.50. The first kappa shape index (κ1) is 28.2. The lowest BCUT2D eigenvalue weighted by atomic mass is 10.1. The van der Waals surface area contributed by atoms with Crippen LogP contribution in [0.4, 0.5) is 5.69 Å². The molecular formula is C23H28Cl3N3O4S. The predicted octanol–water partition coefficient (Wildman–Crippen LogP) is 4.40. The zero-order valence-electron chi connectivity index (χ0n) is 19.2. The van der Waals surface area contributed by atoms with Gasteiger partial charge in [-0.2, -0.15) is 0 Å². The molecule has 0 heterocycles. The first-order valence-electron chi connectivity index (χ1n) is 10.7. The molecule has 0 fully saturated rings. The van der Waals surface area contributed by atoms with Crippen LogP contribution in [0.15, 0.2) is 42.5 Å². The van der Waals surface area contributed by atoms with Crippen molar-refractivity contribution in [3.05, 3.63) is 63.1 Å². The standard InChI is InChI=1S/C23H28Cl3N3O4S/c1-4-20(23(31)27-5-2)28(12-11-16-9-7-6-8-10-16)22(30)15-29(34(3,32)33)21-14-18(25)17(24)13-19(21)26/h6-10,13-14,20H,4-5,11-12,15H2,1-3H3,(H,27,31)/t20-/m1/s1. The van der Waals surface area contributed by atoms with E-state index in [0.717, 1.165) is 16.1 Å². The normalized spacial score (nSPS) is 12.2. The van der Waals surface area contributed by atoms with E-state index in [1.165, 1.54) is 17.0 Å². The first-order valence-corrected chi connectivity index (χ1v) is 13.7. The maximum Gasteiger partial charge on any atom is 0.244 e. The second-order valence-corrected chi connectivity index (χ2v) is 10.8. The summed E-state index contributed by atoms with van der Waals surface area (Å²) >= 11 is 18.3. The van der Waals surface area contributed by atoms with Crippen LogP contribution >= 0.6 is 34.8 Å². The second-order valence-electron chi connectivity index (χ2n) is 7.63. The fourth-order valence-corrected chi connectivity index (χ4v) is 5.03. The van der Waals surface area contributed by atoms with E-state index in [1.54, 1.807) is 13.8 Å². The molecule has 7 nitrogen and oxygen atoms in total. The van der Waals surface area contributed by atoms with Crippen molar-refractivity contribution in [2.24, 2.45) is 0 Å². The Hall–Kier alpha value is -2.00. The molecule has 0 aliphatic heterocycles. The van der Waals surface area contributed by atoms with Crippen molar-refractivity contribution in [1.29, 1.82) is 0 Å². The highest BCUT2D eigenvalue weighted by atomic mass is 35.5. The summed E-state index contributed by atoms with van der Waals surface area (Å²) in [6, 6.07) is 11.4. The molecule has 0 saturated heterocycles. The summed E-state index contributed by atoms with van der Waals surface area (Å²) < 4.78 is 26.1. The summed E-state index contributed by atoms with van der Waals surface area (Å²) in [5.41, 5.74) is 1.01. The average molecular weight is 549 g/mol. The van der Waals surface area contributed by atoms with Crippen LogP contribution in [0, 0.1) is 0 Å². The minimum atomic E-state index is -3.93. The highest BCUT2D eigenvalue weighted by molar-refractivity contribution is 7.92. The van der Waals surface area contributed by atoms with E-state index in [4.69, 9.17) is 34.8 Å². The SMILES string of the molecule is CCNC(=O)[C@@H](CC)N(CCc1ccccc1)C(=O)CN(c1cc(Cl)c(Cl)cc1Cl)S(C)(=O)=O. The van der Waals surface area contributed by atoms with Crippen LogP contribution in [-0.2, 0) is 26.0 Å². The number of anilines is 1. The molecule has 2 amide bonds. The number of halogens is 3. The van der Waals surface area contributed by atoms with Gasteiger partial charge in [-0.3, -0.25) is 13.9 Å². The molecule has 0 aromatic heterocycles. The minimum absolute atomic E-state index is 0.0271.